The Bertz CT molecular complexity index is 2020. The predicted molar refractivity (Wildman–Crippen MR) is 191 cm³/mol. The molecule has 0 aliphatic heterocycles. The van der Waals surface area contributed by atoms with Gasteiger partial charge in [-0.1, -0.05) is 72.8 Å². The van der Waals surface area contributed by atoms with Crippen LogP contribution >= 0.6 is 34.0 Å². The molecule has 3 heterocycles. The lowest BCUT2D eigenvalue weighted by Gasteiger charge is -2.19. The molecule has 0 fully saturated rings. The number of ketones is 2. The number of hydrogen-bond donors (Lipinski definition) is 0. The molecule has 0 atom stereocenters. The minimum Gasteiger partial charge on any atom is -0.289 e. The normalized spacial score (nSPS) is 15.0. The zero-order chi connectivity index (χ0) is 30.9. The average Bonchev–Trinajstić information content (AvgIpc) is 3.87. The lowest BCUT2D eigenvalue weighted by Crippen LogP contribution is -2.10. The first-order chi connectivity index (χ1) is 22.0. The summed E-state index contributed by atoms with van der Waals surface area (Å²) in [5.41, 5.74) is 8.96. The van der Waals surface area contributed by atoms with Gasteiger partial charge in [0, 0.05) is 41.8 Å². The smallest absolute Gasteiger partial charge is 0.194 e. The standard InChI is InChI=1S/C40H28O2S3/c1-25-21-29(22-26(2)39(25)41)37(33-15-9-19-43-33)35-17-18-36(45-35)38(34-16-10-20-44-34)30-23-31(27-11-5-3-6-12-27)40(42)32(24-30)28-13-7-4-8-14-28/h3-24H,1-2H3. The summed E-state index contributed by atoms with van der Waals surface area (Å²) >= 11 is 5.14. The van der Waals surface area contributed by atoms with Crippen molar-refractivity contribution < 1.29 is 9.59 Å². The Kier molecular flexibility index (Phi) is 7.99. The predicted octanol–water partition coefficient (Wildman–Crippen LogP) is 10.7. The summed E-state index contributed by atoms with van der Waals surface area (Å²) in [6.07, 6.45) is 8.14. The Morgan fingerprint density at radius 2 is 0.911 bits per heavy atom. The van der Waals surface area contributed by atoms with Crippen LogP contribution < -0.4 is 0 Å². The fourth-order valence-electron chi connectivity index (χ4n) is 5.79. The fraction of sp³-hybridized carbons (Fsp3) is 0.0500. The van der Waals surface area contributed by atoms with Crippen LogP contribution in [0.15, 0.2) is 154 Å². The first-order valence-electron chi connectivity index (χ1n) is 14.6. The zero-order valence-electron chi connectivity index (χ0n) is 24.7. The number of Topliss-reactive ketones (excluding diaryl/α,β-unsaturated/α-hetero) is 2. The zero-order valence-corrected chi connectivity index (χ0v) is 27.2. The van der Waals surface area contributed by atoms with Crippen LogP contribution in [0, 0.1) is 0 Å². The van der Waals surface area contributed by atoms with Crippen LogP contribution in [0.4, 0.5) is 0 Å². The van der Waals surface area contributed by atoms with Gasteiger partial charge in [-0.05, 0) is 107 Å². The molecule has 2 aliphatic rings. The number of carbonyl (C=O) groups is 2. The Balaban J connectivity index is 1.46. The van der Waals surface area contributed by atoms with E-state index in [2.05, 4.69) is 59.3 Å². The molecule has 5 heteroatoms. The molecule has 0 radical (unpaired) electrons. The van der Waals surface area contributed by atoms with Crippen molar-refractivity contribution >= 4 is 67.9 Å². The van der Waals surface area contributed by atoms with Gasteiger partial charge in [-0.15, -0.1) is 34.0 Å². The minimum absolute atomic E-state index is 0.0226. The average molecular weight is 637 g/mol. The number of benzene rings is 2. The van der Waals surface area contributed by atoms with Gasteiger partial charge < -0.3 is 0 Å². The first kappa shape index (κ1) is 29.1. The van der Waals surface area contributed by atoms with E-state index in [0.29, 0.717) is 11.1 Å². The van der Waals surface area contributed by atoms with E-state index in [1.807, 2.05) is 86.7 Å². The third-order valence-electron chi connectivity index (χ3n) is 7.93. The summed E-state index contributed by atoms with van der Waals surface area (Å²) in [5.74, 6) is 0.115. The second-order valence-corrected chi connectivity index (χ2v) is 13.9. The third kappa shape index (κ3) is 5.67. The molecule has 0 bridgehead atoms. The van der Waals surface area contributed by atoms with Gasteiger partial charge in [0.25, 0.3) is 0 Å². The van der Waals surface area contributed by atoms with Gasteiger partial charge >= 0.3 is 0 Å². The molecule has 0 amide bonds. The lowest BCUT2D eigenvalue weighted by molar-refractivity contribution is -0.112. The SMILES string of the molecule is CC1=CC(=C(c2cccs2)c2ccc(C(=C3C=C(c4ccccc4)C(=O)C(c4ccccc4)=C3)c3cccs3)s2)C=C(C)C1=O. The Hall–Kier alpha value is -4.68. The van der Waals surface area contributed by atoms with Crippen LogP contribution in [0.3, 0.4) is 0 Å². The van der Waals surface area contributed by atoms with Crippen molar-refractivity contribution in [1.82, 2.24) is 0 Å². The van der Waals surface area contributed by atoms with Crippen molar-refractivity contribution in [3.05, 3.63) is 185 Å². The minimum atomic E-state index is 0.0226. The van der Waals surface area contributed by atoms with E-state index in [0.717, 1.165) is 64.1 Å². The molecule has 45 heavy (non-hydrogen) atoms. The summed E-state index contributed by atoms with van der Waals surface area (Å²) in [5, 5.41) is 4.19. The molecule has 0 saturated heterocycles. The highest BCUT2D eigenvalue weighted by molar-refractivity contribution is 7.16. The molecule has 0 saturated carbocycles. The van der Waals surface area contributed by atoms with Crippen LogP contribution in [0.5, 0.6) is 0 Å². The molecule has 0 unspecified atom stereocenters. The van der Waals surface area contributed by atoms with E-state index in [1.54, 1.807) is 34.0 Å². The van der Waals surface area contributed by atoms with Gasteiger partial charge in [0.1, 0.15) is 0 Å². The molecular weight excluding hydrogens is 609 g/mol. The molecule has 0 N–H and O–H groups in total. The molecule has 0 spiro atoms. The Labute approximate surface area is 275 Å². The maximum atomic E-state index is 14.0. The van der Waals surface area contributed by atoms with E-state index in [1.165, 1.54) is 0 Å². The number of allylic oxidation sites excluding steroid dienone is 10. The number of rotatable bonds is 6. The topological polar surface area (TPSA) is 34.1 Å². The van der Waals surface area contributed by atoms with Crippen molar-refractivity contribution in [2.24, 2.45) is 0 Å². The van der Waals surface area contributed by atoms with E-state index in [4.69, 9.17) is 0 Å². The second-order valence-electron chi connectivity index (χ2n) is 10.9. The Morgan fingerprint density at radius 3 is 1.33 bits per heavy atom. The van der Waals surface area contributed by atoms with Crippen LogP contribution in [0.1, 0.15) is 44.5 Å². The maximum Gasteiger partial charge on any atom is 0.194 e. The second kappa shape index (κ2) is 12.4. The van der Waals surface area contributed by atoms with E-state index >= 15 is 0 Å². The van der Waals surface area contributed by atoms with Gasteiger partial charge in [0.2, 0.25) is 0 Å². The molecule has 2 nitrogen and oxygen atoms in total. The highest BCUT2D eigenvalue weighted by Crippen LogP contribution is 2.44. The van der Waals surface area contributed by atoms with Crippen LogP contribution in [0.25, 0.3) is 22.3 Å². The summed E-state index contributed by atoms with van der Waals surface area (Å²) < 4.78 is 0. The van der Waals surface area contributed by atoms with Crippen molar-refractivity contribution in [1.29, 1.82) is 0 Å². The van der Waals surface area contributed by atoms with Gasteiger partial charge in [0.15, 0.2) is 11.6 Å². The van der Waals surface area contributed by atoms with Crippen molar-refractivity contribution in [2.75, 3.05) is 0 Å². The van der Waals surface area contributed by atoms with Crippen molar-refractivity contribution in [3.63, 3.8) is 0 Å². The van der Waals surface area contributed by atoms with Gasteiger partial charge in [-0.2, -0.15) is 0 Å². The highest BCUT2D eigenvalue weighted by atomic mass is 32.1. The largest absolute Gasteiger partial charge is 0.289 e. The molecule has 7 rings (SSSR count). The fourth-order valence-corrected chi connectivity index (χ4v) is 8.70. The molecule has 2 aromatic carbocycles. The van der Waals surface area contributed by atoms with E-state index < -0.39 is 0 Å². The molecule has 5 aromatic rings. The van der Waals surface area contributed by atoms with Crippen LogP contribution in [-0.2, 0) is 9.59 Å². The third-order valence-corrected chi connectivity index (χ3v) is 10.8. The van der Waals surface area contributed by atoms with Crippen molar-refractivity contribution in [3.8, 4) is 0 Å². The van der Waals surface area contributed by atoms with Gasteiger partial charge in [-0.25, -0.2) is 0 Å². The summed E-state index contributed by atoms with van der Waals surface area (Å²) in [6.45, 7) is 3.78. The molecule has 3 aromatic heterocycles. The van der Waals surface area contributed by atoms with E-state index in [9.17, 15) is 9.59 Å². The molecule has 2 aliphatic carbocycles. The number of carbonyl (C=O) groups excluding carboxylic acids is 2. The highest BCUT2D eigenvalue weighted by Gasteiger charge is 2.26. The molecule has 218 valence electrons. The summed E-state index contributed by atoms with van der Waals surface area (Å²) in [4.78, 5) is 31.1. The quantitative estimate of drug-likeness (QED) is 0.186. The van der Waals surface area contributed by atoms with Crippen LogP contribution in [0.2, 0.25) is 0 Å². The lowest BCUT2D eigenvalue weighted by atomic mass is 9.84. The van der Waals surface area contributed by atoms with Crippen LogP contribution in [-0.4, -0.2) is 11.6 Å². The summed E-state index contributed by atoms with van der Waals surface area (Å²) in [7, 11) is 0. The first-order valence-corrected chi connectivity index (χ1v) is 17.2. The monoisotopic (exact) mass is 636 g/mol. The molecular formula is C40H28O2S3. The summed E-state index contributed by atoms with van der Waals surface area (Å²) in [6, 6.07) is 32.7. The Morgan fingerprint density at radius 1 is 0.467 bits per heavy atom. The van der Waals surface area contributed by atoms with Crippen molar-refractivity contribution in [2.45, 2.75) is 13.8 Å². The van der Waals surface area contributed by atoms with Gasteiger partial charge in [-0.3, -0.25) is 9.59 Å². The number of hydrogen-bond acceptors (Lipinski definition) is 5. The number of thiophene rings is 3. The maximum absolute atomic E-state index is 14.0. The van der Waals surface area contributed by atoms with Gasteiger partial charge in [0.05, 0.1) is 0 Å². The van der Waals surface area contributed by atoms with E-state index in [-0.39, 0.29) is 11.6 Å².